The molecule has 8 heteroatoms. The zero-order chi connectivity index (χ0) is 18.0. The summed E-state index contributed by atoms with van der Waals surface area (Å²) in [7, 11) is 0. The van der Waals surface area contributed by atoms with Crippen molar-refractivity contribution in [1.82, 2.24) is 10.2 Å². The molecule has 0 spiro atoms. The summed E-state index contributed by atoms with van der Waals surface area (Å²) in [5.41, 5.74) is 0.974. The number of nitrogens with one attached hydrogen (secondary N) is 2. The number of piperazine rings is 1. The van der Waals surface area contributed by atoms with Crippen molar-refractivity contribution in [3.05, 3.63) is 39.4 Å². The largest absolute Gasteiger partial charge is 0.348 e. The summed E-state index contributed by atoms with van der Waals surface area (Å²) >= 11 is 0. The van der Waals surface area contributed by atoms with E-state index in [2.05, 4.69) is 5.32 Å². The van der Waals surface area contributed by atoms with Crippen LogP contribution in [-0.4, -0.2) is 60.4 Å². The Kier molecular flexibility index (Phi) is 4.98. The summed E-state index contributed by atoms with van der Waals surface area (Å²) < 4.78 is 0. The predicted octanol–water partition coefficient (Wildman–Crippen LogP) is -0.477. The van der Waals surface area contributed by atoms with E-state index >= 15 is 0 Å². The highest BCUT2D eigenvalue weighted by molar-refractivity contribution is 5.94. The molecule has 8 nitrogen and oxygen atoms in total. The van der Waals surface area contributed by atoms with Crippen LogP contribution >= 0.6 is 0 Å². The SMILES string of the molecule is Cc1cc(C(=O)N2CC[NH+](CC(=O)NC3CC3)CC2)ccc1[N+](=O)[O-]. The highest BCUT2D eigenvalue weighted by atomic mass is 16.6. The summed E-state index contributed by atoms with van der Waals surface area (Å²) in [5, 5.41) is 13.9. The number of nitro groups is 1. The lowest BCUT2D eigenvalue weighted by Gasteiger charge is -2.32. The minimum atomic E-state index is -0.446. The van der Waals surface area contributed by atoms with E-state index in [0.717, 1.165) is 25.9 Å². The molecule has 1 saturated heterocycles. The van der Waals surface area contributed by atoms with Crippen LogP contribution < -0.4 is 10.2 Å². The Bertz CT molecular complexity index is 694. The Morgan fingerprint density at radius 2 is 2.00 bits per heavy atom. The fourth-order valence-corrected chi connectivity index (χ4v) is 3.11. The van der Waals surface area contributed by atoms with Gasteiger partial charge in [0, 0.05) is 23.2 Å². The normalized spacial score (nSPS) is 18.0. The summed E-state index contributed by atoms with van der Waals surface area (Å²) in [4.78, 5) is 37.8. The van der Waals surface area contributed by atoms with Crippen LogP contribution in [0.4, 0.5) is 5.69 Å². The van der Waals surface area contributed by atoms with Crippen LogP contribution in [0.1, 0.15) is 28.8 Å². The molecule has 0 bridgehead atoms. The minimum Gasteiger partial charge on any atom is -0.348 e. The predicted molar refractivity (Wildman–Crippen MR) is 90.5 cm³/mol. The quantitative estimate of drug-likeness (QED) is 0.555. The second-order valence-corrected chi connectivity index (χ2v) is 6.82. The third-order valence-electron chi connectivity index (χ3n) is 4.75. The summed E-state index contributed by atoms with van der Waals surface area (Å²) in [6, 6.07) is 4.84. The number of hydrogen-bond donors (Lipinski definition) is 2. The van der Waals surface area contributed by atoms with E-state index in [-0.39, 0.29) is 17.5 Å². The molecular weight excluding hydrogens is 324 g/mol. The van der Waals surface area contributed by atoms with E-state index < -0.39 is 4.92 Å². The molecule has 1 saturated carbocycles. The molecule has 1 aromatic rings. The molecule has 134 valence electrons. The number of amides is 2. The summed E-state index contributed by atoms with van der Waals surface area (Å²) in [6.45, 7) is 4.72. The molecule has 1 aromatic carbocycles. The molecule has 0 radical (unpaired) electrons. The summed E-state index contributed by atoms with van der Waals surface area (Å²) in [6.07, 6.45) is 2.16. The number of carbonyl (C=O) groups is 2. The van der Waals surface area contributed by atoms with E-state index in [1.165, 1.54) is 17.0 Å². The van der Waals surface area contributed by atoms with Gasteiger partial charge in [0.15, 0.2) is 6.54 Å². The van der Waals surface area contributed by atoms with Crippen molar-refractivity contribution in [3.8, 4) is 0 Å². The second-order valence-electron chi connectivity index (χ2n) is 6.82. The first kappa shape index (κ1) is 17.3. The molecule has 0 aromatic heterocycles. The van der Waals surface area contributed by atoms with Crippen molar-refractivity contribution in [2.75, 3.05) is 32.7 Å². The van der Waals surface area contributed by atoms with Gasteiger partial charge < -0.3 is 15.1 Å². The first-order chi connectivity index (χ1) is 11.9. The van der Waals surface area contributed by atoms with E-state index in [1.807, 2.05) is 0 Å². The van der Waals surface area contributed by atoms with Gasteiger partial charge in [-0.2, -0.15) is 0 Å². The monoisotopic (exact) mass is 347 g/mol. The number of rotatable bonds is 5. The van der Waals surface area contributed by atoms with Gasteiger partial charge in [-0.05, 0) is 31.9 Å². The molecule has 2 fully saturated rings. The van der Waals surface area contributed by atoms with Crippen LogP contribution in [-0.2, 0) is 4.79 Å². The van der Waals surface area contributed by atoms with Gasteiger partial charge in [-0.15, -0.1) is 0 Å². The Labute approximate surface area is 145 Å². The lowest BCUT2D eigenvalue weighted by molar-refractivity contribution is -0.896. The van der Waals surface area contributed by atoms with Crippen molar-refractivity contribution < 1.29 is 19.4 Å². The Morgan fingerprint density at radius 3 is 2.56 bits per heavy atom. The molecule has 1 heterocycles. The van der Waals surface area contributed by atoms with Crippen LogP contribution in [0.15, 0.2) is 18.2 Å². The zero-order valence-corrected chi connectivity index (χ0v) is 14.3. The van der Waals surface area contributed by atoms with E-state index in [9.17, 15) is 19.7 Å². The zero-order valence-electron chi connectivity index (χ0n) is 14.3. The standard InChI is InChI=1S/C17H22N4O4/c1-12-10-13(2-5-15(12)21(24)25)17(23)20-8-6-19(7-9-20)11-16(22)18-14-3-4-14/h2,5,10,14H,3-4,6-9,11H2,1H3,(H,18,22)/p+1. The van der Waals surface area contributed by atoms with Crippen molar-refractivity contribution >= 4 is 17.5 Å². The smallest absolute Gasteiger partial charge is 0.275 e. The van der Waals surface area contributed by atoms with Gasteiger partial charge >= 0.3 is 0 Å². The maximum Gasteiger partial charge on any atom is 0.275 e. The molecule has 0 unspecified atom stereocenters. The highest BCUT2D eigenvalue weighted by Gasteiger charge is 2.29. The van der Waals surface area contributed by atoms with Gasteiger partial charge in [-0.25, -0.2) is 0 Å². The molecular formula is C17H23N4O4+. The van der Waals surface area contributed by atoms with Crippen LogP contribution in [0.2, 0.25) is 0 Å². The van der Waals surface area contributed by atoms with Crippen LogP contribution in [0, 0.1) is 17.0 Å². The number of quaternary nitrogens is 1. The number of carbonyl (C=O) groups excluding carboxylic acids is 2. The van der Waals surface area contributed by atoms with E-state index in [1.54, 1.807) is 17.9 Å². The molecule has 25 heavy (non-hydrogen) atoms. The van der Waals surface area contributed by atoms with Crippen molar-refractivity contribution in [2.24, 2.45) is 0 Å². The van der Waals surface area contributed by atoms with E-state index in [0.29, 0.717) is 36.8 Å². The fraction of sp³-hybridized carbons (Fsp3) is 0.529. The van der Waals surface area contributed by atoms with Gasteiger partial charge in [-0.3, -0.25) is 19.7 Å². The highest BCUT2D eigenvalue weighted by Crippen LogP contribution is 2.20. The van der Waals surface area contributed by atoms with Crippen molar-refractivity contribution in [2.45, 2.75) is 25.8 Å². The van der Waals surface area contributed by atoms with Crippen LogP contribution in [0.3, 0.4) is 0 Å². The number of nitro benzene ring substituents is 1. The van der Waals surface area contributed by atoms with Gasteiger partial charge in [-0.1, -0.05) is 0 Å². The average Bonchev–Trinajstić information content (AvgIpc) is 3.38. The third-order valence-corrected chi connectivity index (χ3v) is 4.75. The van der Waals surface area contributed by atoms with Crippen molar-refractivity contribution in [1.29, 1.82) is 0 Å². The van der Waals surface area contributed by atoms with Gasteiger partial charge in [0.2, 0.25) is 0 Å². The minimum absolute atomic E-state index is 0.0208. The Hall–Kier alpha value is -2.48. The number of aryl methyl sites for hydroxylation is 1. The molecule has 1 aliphatic heterocycles. The molecule has 3 rings (SSSR count). The topological polar surface area (TPSA) is 97.0 Å². The number of hydrogen-bond acceptors (Lipinski definition) is 4. The van der Waals surface area contributed by atoms with Gasteiger partial charge in [0.05, 0.1) is 31.1 Å². The fourth-order valence-electron chi connectivity index (χ4n) is 3.11. The first-order valence-electron chi connectivity index (χ1n) is 8.61. The lowest BCUT2D eigenvalue weighted by Crippen LogP contribution is -3.15. The van der Waals surface area contributed by atoms with Gasteiger partial charge in [0.1, 0.15) is 0 Å². The van der Waals surface area contributed by atoms with Crippen LogP contribution in [0.25, 0.3) is 0 Å². The second kappa shape index (κ2) is 7.18. The molecule has 2 N–H and O–H groups in total. The third kappa shape index (κ3) is 4.33. The van der Waals surface area contributed by atoms with Gasteiger partial charge in [0.25, 0.3) is 17.5 Å². The lowest BCUT2D eigenvalue weighted by atomic mass is 10.1. The van der Waals surface area contributed by atoms with E-state index in [4.69, 9.17) is 0 Å². The maximum atomic E-state index is 12.6. The molecule has 2 amide bonds. The average molecular weight is 347 g/mol. The Morgan fingerprint density at radius 1 is 1.32 bits per heavy atom. The molecule has 1 aliphatic carbocycles. The molecule has 2 aliphatic rings. The Balaban J connectivity index is 1.53. The maximum absolute atomic E-state index is 12.6. The number of benzene rings is 1. The molecule has 0 atom stereocenters. The number of nitrogens with zero attached hydrogens (tertiary/aromatic N) is 2. The summed E-state index contributed by atoms with van der Waals surface area (Å²) in [5.74, 6) is -0.0252. The van der Waals surface area contributed by atoms with Crippen LogP contribution in [0.5, 0.6) is 0 Å². The van der Waals surface area contributed by atoms with Crippen molar-refractivity contribution in [3.63, 3.8) is 0 Å². The first-order valence-corrected chi connectivity index (χ1v) is 8.61.